The van der Waals surface area contributed by atoms with E-state index in [1.807, 2.05) is 34.6 Å². The van der Waals surface area contributed by atoms with Gasteiger partial charge in [-0.15, -0.1) is 16.4 Å². The molecule has 2 fully saturated rings. The monoisotopic (exact) mass is 453 g/mol. The van der Waals surface area contributed by atoms with Gasteiger partial charge in [-0.2, -0.15) is 0 Å². The molecule has 2 aromatic rings. The largest absolute Gasteiger partial charge is 0.339 e. The number of hydrogen-bond acceptors (Lipinski definition) is 8. The number of amides is 1. The van der Waals surface area contributed by atoms with Gasteiger partial charge in [-0.3, -0.25) is 14.8 Å². The van der Waals surface area contributed by atoms with Gasteiger partial charge in [0.25, 0.3) is 0 Å². The standard InChI is InChI=1S/C18H23N5O3S3/c24-17(23-8-6-22(7-9-23)14-5-11-29(25,26)13-14)12-28-18-19-16(20-21-18)4-3-15-2-1-10-27-15/h1-4,10,14H,5-9,11-13H2,(H,19,20,21)/b4-3+. The predicted molar refractivity (Wildman–Crippen MR) is 116 cm³/mol. The van der Waals surface area contributed by atoms with Crippen molar-refractivity contribution in [3.63, 3.8) is 0 Å². The van der Waals surface area contributed by atoms with Crippen molar-refractivity contribution in [1.29, 1.82) is 0 Å². The molecule has 4 heterocycles. The van der Waals surface area contributed by atoms with E-state index in [9.17, 15) is 13.2 Å². The van der Waals surface area contributed by atoms with Crippen LogP contribution in [0.5, 0.6) is 0 Å². The lowest BCUT2D eigenvalue weighted by Crippen LogP contribution is -2.52. The van der Waals surface area contributed by atoms with E-state index in [0.29, 0.717) is 36.2 Å². The Morgan fingerprint density at radius 1 is 1.31 bits per heavy atom. The SMILES string of the molecule is O=C(CSc1n[nH]c(/C=C/c2cccs2)n1)N1CCN(C2CCS(=O)(=O)C2)CC1. The zero-order chi connectivity index (χ0) is 20.3. The number of hydrogen-bond donors (Lipinski definition) is 1. The molecule has 0 bridgehead atoms. The molecule has 2 saturated heterocycles. The molecule has 0 aromatic carbocycles. The van der Waals surface area contributed by atoms with Gasteiger partial charge in [0.15, 0.2) is 9.84 Å². The van der Waals surface area contributed by atoms with Gasteiger partial charge in [-0.1, -0.05) is 17.8 Å². The number of thioether (sulfide) groups is 1. The van der Waals surface area contributed by atoms with Crippen LogP contribution in [0.4, 0.5) is 0 Å². The number of carbonyl (C=O) groups is 1. The Balaban J connectivity index is 1.22. The summed E-state index contributed by atoms with van der Waals surface area (Å²) in [6.45, 7) is 2.74. The average Bonchev–Trinajstić information content (AvgIpc) is 3.46. The van der Waals surface area contributed by atoms with E-state index in [1.165, 1.54) is 11.8 Å². The molecule has 29 heavy (non-hydrogen) atoms. The summed E-state index contributed by atoms with van der Waals surface area (Å²) in [6.07, 6.45) is 4.55. The second kappa shape index (κ2) is 8.99. The van der Waals surface area contributed by atoms with Gasteiger partial charge in [0.2, 0.25) is 11.1 Å². The molecular formula is C18H23N5O3S3. The Morgan fingerprint density at radius 3 is 2.83 bits per heavy atom. The molecular weight excluding hydrogens is 430 g/mol. The number of sulfone groups is 1. The van der Waals surface area contributed by atoms with Gasteiger partial charge in [-0.25, -0.2) is 13.4 Å². The molecule has 2 aliphatic heterocycles. The number of thiophene rings is 1. The van der Waals surface area contributed by atoms with Gasteiger partial charge < -0.3 is 4.90 Å². The van der Waals surface area contributed by atoms with Crippen LogP contribution in [0.2, 0.25) is 0 Å². The molecule has 0 saturated carbocycles. The van der Waals surface area contributed by atoms with Crippen molar-refractivity contribution >= 4 is 51.0 Å². The van der Waals surface area contributed by atoms with E-state index in [1.54, 1.807) is 11.3 Å². The van der Waals surface area contributed by atoms with Crippen LogP contribution in [0.1, 0.15) is 17.1 Å². The fraction of sp³-hybridized carbons (Fsp3) is 0.500. The third-order valence-electron chi connectivity index (χ3n) is 5.15. The molecule has 1 atom stereocenters. The van der Waals surface area contributed by atoms with Gasteiger partial charge >= 0.3 is 0 Å². The van der Waals surface area contributed by atoms with Gasteiger partial charge in [0.05, 0.1) is 17.3 Å². The molecule has 1 amide bonds. The van der Waals surface area contributed by atoms with Crippen molar-refractivity contribution in [1.82, 2.24) is 25.0 Å². The molecule has 1 unspecified atom stereocenters. The number of nitrogens with zero attached hydrogens (tertiary/aromatic N) is 4. The normalized spacial score (nSPS) is 22.5. The Morgan fingerprint density at radius 2 is 2.14 bits per heavy atom. The van der Waals surface area contributed by atoms with Crippen molar-refractivity contribution in [3.8, 4) is 0 Å². The van der Waals surface area contributed by atoms with Crippen molar-refractivity contribution in [2.75, 3.05) is 43.4 Å². The quantitative estimate of drug-likeness (QED) is 0.661. The van der Waals surface area contributed by atoms with E-state index in [4.69, 9.17) is 0 Å². The van der Waals surface area contributed by atoms with Crippen molar-refractivity contribution in [2.24, 2.45) is 0 Å². The summed E-state index contributed by atoms with van der Waals surface area (Å²) < 4.78 is 23.3. The van der Waals surface area contributed by atoms with Crippen LogP contribution in [0.25, 0.3) is 12.2 Å². The second-order valence-corrected chi connectivity index (χ2v) is 11.3. The number of carbonyl (C=O) groups excluding carboxylic acids is 1. The van der Waals surface area contributed by atoms with Gasteiger partial charge in [0.1, 0.15) is 5.82 Å². The third kappa shape index (κ3) is 5.47. The summed E-state index contributed by atoms with van der Waals surface area (Å²) >= 11 is 2.97. The maximum atomic E-state index is 12.5. The minimum Gasteiger partial charge on any atom is -0.339 e. The first-order valence-electron chi connectivity index (χ1n) is 9.47. The summed E-state index contributed by atoms with van der Waals surface area (Å²) in [6, 6.07) is 4.13. The number of H-pyrrole nitrogens is 1. The first kappa shape index (κ1) is 20.6. The predicted octanol–water partition coefficient (Wildman–Crippen LogP) is 1.46. The van der Waals surface area contributed by atoms with E-state index in [-0.39, 0.29) is 23.5 Å². The summed E-state index contributed by atoms with van der Waals surface area (Å²) in [4.78, 5) is 22.1. The molecule has 0 spiro atoms. The van der Waals surface area contributed by atoms with Crippen LogP contribution < -0.4 is 0 Å². The lowest BCUT2D eigenvalue weighted by atomic mass is 10.2. The molecule has 2 aliphatic rings. The zero-order valence-corrected chi connectivity index (χ0v) is 18.3. The highest BCUT2D eigenvalue weighted by molar-refractivity contribution is 7.99. The van der Waals surface area contributed by atoms with Crippen LogP contribution in [-0.4, -0.2) is 88.8 Å². The Labute approximate surface area is 178 Å². The smallest absolute Gasteiger partial charge is 0.233 e. The van der Waals surface area contributed by atoms with Crippen LogP contribution in [0, 0.1) is 0 Å². The summed E-state index contributed by atoms with van der Waals surface area (Å²) in [5.41, 5.74) is 0. The number of aromatic amines is 1. The highest BCUT2D eigenvalue weighted by Crippen LogP contribution is 2.20. The van der Waals surface area contributed by atoms with E-state index >= 15 is 0 Å². The fourth-order valence-corrected chi connectivity index (χ4v) is 6.65. The molecule has 8 nitrogen and oxygen atoms in total. The van der Waals surface area contributed by atoms with E-state index in [2.05, 4.69) is 20.1 Å². The summed E-state index contributed by atoms with van der Waals surface area (Å²) in [5.74, 6) is 1.56. The first-order chi connectivity index (χ1) is 14.0. The van der Waals surface area contributed by atoms with Crippen molar-refractivity contribution in [3.05, 3.63) is 28.2 Å². The number of nitrogens with one attached hydrogen (secondary N) is 1. The highest BCUT2D eigenvalue weighted by Gasteiger charge is 2.34. The average molecular weight is 454 g/mol. The van der Waals surface area contributed by atoms with Crippen LogP contribution in [0.3, 0.4) is 0 Å². The Hall–Kier alpha value is -1.69. The number of rotatable bonds is 6. The maximum Gasteiger partial charge on any atom is 0.233 e. The molecule has 2 aromatic heterocycles. The molecule has 156 valence electrons. The lowest BCUT2D eigenvalue weighted by Gasteiger charge is -2.37. The van der Waals surface area contributed by atoms with Crippen LogP contribution >= 0.6 is 23.1 Å². The molecule has 11 heteroatoms. The summed E-state index contributed by atoms with van der Waals surface area (Å²) in [5, 5.41) is 9.60. The van der Waals surface area contributed by atoms with Crippen LogP contribution in [0.15, 0.2) is 22.7 Å². The first-order valence-corrected chi connectivity index (χ1v) is 13.2. The topological polar surface area (TPSA) is 99.3 Å². The van der Waals surface area contributed by atoms with Gasteiger partial charge in [-0.05, 0) is 30.0 Å². The maximum absolute atomic E-state index is 12.5. The van der Waals surface area contributed by atoms with Crippen molar-refractivity contribution < 1.29 is 13.2 Å². The minimum absolute atomic E-state index is 0.0640. The molecule has 4 rings (SSSR count). The molecule has 0 radical (unpaired) electrons. The van der Waals surface area contributed by atoms with Gasteiger partial charge in [0, 0.05) is 37.1 Å². The lowest BCUT2D eigenvalue weighted by molar-refractivity contribution is -0.130. The molecule has 0 aliphatic carbocycles. The van der Waals surface area contributed by atoms with Crippen LogP contribution in [-0.2, 0) is 14.6 Å². The van der Waals surface area contributed by atoms with E-state index in [0.717, 1.165) is 18.0 Å². The number of piperazine rings is 1. The van der Waals surface area contributed by atoms with E-state index < -0.39 is 9.84 Å². The van der Waals surface area contributed by atoms with Crippen molar-refractivity contribution in [2.45, 2.75) is 17.6 Å². The third-order valence-corrected chi connectivity index (χ3v) is 8.57. The Bertz CT molecular complexity index is 963. The summed E-state index contributed by atoms with van der Waals surface area (Å²) in [7, 11) is -2.88. The fourth-order valence-electron chi connectivity index (χ4n) is 3.56. The Kier molecular flexibility index (Phi) is 6.38. The second-order valence-electron chi connectivity index (χ2n) is 7.11. The number of aromatic nitrogens is 3. The zero-order valence-electron chi connectivity index (χ0n) is 15.9. The highest BCUT2D eigenvalue weighted by atomic mass is 32.2. The molecule has 1 N–H and O–H groups in total. The minimum atomic E-state index is -2.88.